The van der Waals surface area contributed by atoms with Gasteiger partial charge in [0.15, 0.2) is 0 Å². The lowest BCUT2D eigenvalue weighted by molar-refractivity contribution is -0.116. The van der Waals surface area contributed by atoms with Crippen molar-refractivity contribution in [2.75, 3.05) is 15.6 Å². The molecule has 1 aliphatic carbocycles. The molecule has 0 radical (unpaired) electrons. The molecule has 7 rings (SSSR count). The highest BCUT2D eigenvalue weighted by atomic mass is 32.2. The van der Waals surface area contributed by atoms with E-state index >= 15 is 0 Å². The van der Waals surface area contributed by atoms with Crippen molar-refractivity contribution in [3.63, 3.8) is 0 Å². The molecule has 1 unspecified atom stereocenters. The SMILES string of the molecule is O=C1C(=C2CCCCC2)N=C(c2ccccc2)N1c1ccc(-c2ccc(N3C(=O)CSC3c3ccc(O)cc3)cc2)cc1. The molecule has 1 N–H and O–H groups in total. The van der Waals surface area contributed by atoms with Crippen LogP contribution in [-0.4, -0.2) is 28.5 Å². The van der Waals surface area contributed by atoms with E-state index in [0.717, 1.165) is 59.3 Å². The van der Waals surface area contributed by atoms with E-state index in [2.05, 4.69) is 0 Å². The molecule has 0 bridgehead atoms. The van der Waals surface area contributed by atoms with Crippen LogP contribution in [0.3, 0.4) is 0 Å². The second-order valence-electron chi connectivity index (χ2n) is 11.1. The average molecular weight is 586 g/mol. The van der Waals surface area contributed by atoms with Crippen molar-refractivity contribution in [3.05, 3.63) is 126 Å². The van der Waals surface area contributed by atoms with E-state index in [9.17, 15) is 14.7 Å². The predicted octanol–water partition coefficient (Wildman–Crippen LogP) is 7.85. The third-order valence-corrected chi connectivity index (χ3v) is 9.52. The normalized spacial score (nSPS) is 18.9. The number of phenolic OH excluding ortho intramolecular Hbond substituents is 1. The summed E-state index contributed by atoms with van der Waals surface area (Å²) in [6.07, 6.45) is 5.30. The lowest BCUT2D eigenvalue weighted by Gasteiger charge is -2.24. The Balaban J connectivity index is 1.15. The van der Waals surface area contributed by atoms with Crippen molar-refractivity contribution in [2.24, 2.45) is 4.99 Å². The van der Waals surface area contributed by atoms with Gasteiger partial charge in [0.05, 0.1) is 11.4 Å². The van der Waals surface area contributed by atoms with Gasteiger partial charge in [-0.25, -0.2) is 4.99 Å². The van der Waals surface area contributed by atoms with Crippen LogP contribution < -0.4 is 9.80 Å². The van der Waals surface area contributed by atoms with E-state index in [4.69, 9.17) is 4.99 Å². The Kier molecular flexibility index (Phi) is 7.33. The lowest BCUT2D eigenvalue weighted by Crippen LogP contribution is -2.32. The Bertz CT molecular complexity index is 1720. The summed E-state index contributed by atoms with van der Waals surface area (Å²) < 4.78 is 0. The highest BCUT2D eigenvalue weighted by molar-refractivity contribution is 8.00. The fourth-order valence-electron chi connectivity index (χ4n) is 6.08. The van der Waals surface area contributed by atoms with Crippen LogP contribution in [0.2, 0.25) is 0 Å². The molecule has 0 aromatic heterocycles. The number of carbonyl (C=O) groups excluding carboxylic acids is 2. The van der Waals surface area contributed by atoms with Gasteiger partial charge in [-0.3, -0.25) is 19.4 Å². The smallest absolute Gasteiger partial charge is 0.282 e. The van der Waals surface area contributed by atoms with Gasteiger partial charge in [-0.15, -0.1) is 11.8 Å². The van der Waals surface area contributed by atoms with Gasteiger partial charge < -0.3 is 5.11 Å². The van der Waals surface area contributed by atoms with Gasteiger partial charge in [-0.2, -0.15) is 0 Å². The standard InChI is InChI=1S/C36H31N3O3S/c40-31-21-15-28(16-22-31)36-38(32(41)23-43-36)29-17-11-24(12-18-29)25-13-19-30(20-14-25)39-34(27-9-5-2-6-10-27)37-33(35(39)42)26-7-3-1-4-8-26/h2,5-6,9-22,36,40H,1,3-4,7-8,23H2. The maximum atomic E-state index is 13.8. The topological polar surface area (TPSA) is 73.2 Å². The number of phenols is 1. The zero-order chi connectivity index (χ0) is 29.3. The molecule has 1 atom stereocenters. The summed E-state index contributed by atoms with van der Waals surface area (Å²) in [5.74, 6) is 1.31. The van der Waals surface area contributed by atoms with Crippen molar-refractivity contribution in [1.82, 2.24) is 0 Å². The summed E-state index contributed by atoms with van der Waals surface area (Å²) in [4.78, 5) is 35.1. The fourth-order valence-corrected chi connectivity index (χ4v) is 7.26. The van der Waals surface area contributed by atoms with E-state index < -0.39 is 0 Å². The van der Waals surface area contributed by atoms with Crippen molar-refractivity contribution in [2.45, 2.75) is 37.5 Å². The van der Waals surface area contributed by atoms with Crippen LogP contribution in [0, 0.1) is 0 Å². The van der Waals surface area contributed by atoms with Gasteiger partial charge in [0, 0.05) is 11.3 Å². The Labute approximate surface area is 255 Å². The van der Waals surface area contributed by atoms with E-state index in [1.807, 2.05) is 95.9 Å². The zero-order valence-corrected chi connectivity index (χ0v) is 24.5. The van der Waals surface area contributed by atoms with Crippen LogP contribution in [0.5, 0.6) is 5.75 Å². The van der Waals surface area contributed by atoms with Gasteiger partial charge in [-0.1, -0.05) is 73.2 Å². The van der Waals surface area contributed by atoms with E-state index in [-0.39, 0.29) is 22.9 Å². The second-order valence-corrected chi connectivity index (χ2v) is 12.1. The van der Waals surface area contributed by atoms with Crippen molar-refractivity contribution >= 4 is 40.8 Å². The number of thioether (sulfide) groups is 1. The molecule has 4 aromatic rings. The van der Waals surface area contributed by atoms with Gasteiger partial charge in [0.1, 0.15) is 22.7 Å². The zero-order valence-electron chi connectivity index (χ0n) is 23.6. The molecule has 3 aliphatic rings. The van der Waals surface area contributed by atoms with Gasteiger partial charge >= 0.3 is 0 Å². The summed E-state index contributed by atoms with van der Waals surface area (Å²) in [5.41, 5.74) is 7.34. The molecular weight excluding hydrogens is 554 g/mol. The number of aromatic hydroxyl groups is 1. The van der Waals surface area contributed by atoms with Crippen LogP contribution in [0.25, 0.3) is 11.1 Å². The number of amides is 2. The van der Waals surface area contributed by atoms with Gasteiger partial charge in [0.2, 0.25) is 5.91 Å². The quantitative estimate of drug-likeness (QED) is 0.242. The number of aliphatic imine (C=N–C) groups is 1. The number of anilines is 2. The lowest BCUT2D eigenvalue weighted by atomic mass is 9.93. The van der Waals surface area contributed by atoms with Gasteiger partial charge in [-0.05, 0) is 84.3 Å². The first-order valence-corrected chi connectivity index (χ1v) is 15.8. The molecule has 6 nitrogen and oxygen atoms in total. The van der Waals surface area contributed by atoms with Crippen LogP contribution in [0.1, 0.15) is 48.6 Å². The number of rotatable bonds is 5. The van der Waals surface area contributed by atoms with Crippen molar-refractivity contribution in [3.8, 4) is 16.9 Å². The summed E-state index contributed by atoms with van der Waals surface area (Å²) in [7, 11) is 0. The average Bonchev–Trinajstić information content (AvgIpc) is 3.62. The number of amidine groups is 1. The molecule has 4 aromatic carbocycles. The van der Waals surface area contributed by atoms with Crippen LogP contribution >= 0.6 is 11.8 Å². The molecule has 1 saturated heterocycles. The molecule has 43 heavy (non-hydrogen) atoms. The monoisotopic (exact) mass is 585 g/mol. The van der Waals surface area contributed by atoms with Gasteiger partial charge in [0.25, 0.3) is 5.91 Å². The Hall–Kier alpha value is -4.62. The largest absolute Gasteiger partial charge is 0.508 e. The third kappa shape index (κ3) is 5.25. The maximum absolute atomic E-state index is 13.8. The highest BCUT2D eigenvalue weighted by Gasteiger charge is 2.35. The van der Waals surface area contributed by atoms with E-state index in [0.29, 0.717) is 17.3 Å². The number of nitrogens with zero attached hydrogens (tertiary/aromatic N) is 3. The first-order valence-electron chi connectivity index (χ1n) is 14.7. The first-order chi connectivity index (χ1) is 21.1. The van der Waals surface area contributed by atoms with E-state index in [1.165, 1.54) is 12.0 Å². The second kappa shape index (κ2) is 11.6. The molecular formula is C36H31N3O3S. The predicted molar refractivity (Wildman–Crippen MR) is 173 cm³/mol. The molecule has 2 amide bonds. The molecule has 7 heteroatoms. The third-order valence-electron chi connectivity index (χ3n) is 8.31. The summed E-state index contributed by atoms with van der Waals surface area (Å²) in [5, 5.41) is 9.55. The highest BCUT2D eigenvalue weighted by Crippen LogP contribution is 2.42. The fraction of sp³-hybridized carbons (Fsp3) is 0.194. The maximum Gasteiger partial charge on any atom is 0.282 e. The number of carbonyl (C=O) groups is 2. The summed E-state index contributed by atoms with van der Waals surface area (Å²) >= 11 is 1.58. The van der Waals surface area contributed by atoms with Crippen LogP contribution in [-0.2, 0) is 9.59 Å². The molecule has 1 saturated carbocycles. The van der Waals surface area contributed by atoms with Crippen molar-refractivity contribution in [1.29, 1.82) is 0 Å². The minimum Gasteiger partial charge on any atom is -0.508 e. The number of benzene rings is 4. The molecule has 2 aliphatic heterocycles. The Morgan fingerprint density at radius 3 is 1.98 bits per heavy atom. The molecule has 214 valence electrons. The van der Waals surface area contributed by atoms with Crippen LogP contribution in [0.15, 0.2) is 119 Å². The van der Waals surface area contributed by atoms with Crippen molar-refractivity contribution < 1.29 is 14.7 Å². The minimum absolute atomic E-state index is 0.0517. The number of hydrogen-bond donors (Lipinski definition) is 1. The summed E-state index contributed by atoms with van der Waals surface area (Å²) in [6.45, 7) is 0. The van der Waals surface area contributed by atoms with E-state index in [1.54, 1.807) is 28.8 Å². The molecule has 2 heterocycles. The number of allylic oxidation sites excluding steroid dienone is 1. The Morgan fingerprint density at radius 2 is 1.33 bits per heavy atom. The Morgan fingerprint density at radius 1 is 0.698 bits per heavy atom. The van der Waals surface area contributed by atoms with Crippen LogP contribution in [0.4, 0.5) is 11.4 Å². The molecule has 0 spiro atoms. The first kappa shape index (κ1) is 27.2. The number of hydrogen-bond acceptors (Lipinski definition) is 5. The molecule has 2 fully saturated rings. The minimum atomic E-state index is -0.134. The summed E-state index contributed by atoms with van der Waals surface area (Å²) in [6, 6.07) is 33.0.